The first-order valence-electron chi connectivity index (χ1n) is 6.80. The van der Waals surface area contributed by atoms with Crippen LogP contribution in [-0.4, -0.2) is 33.7 Å². The fourth-order valence-electron chi connectivity index (χ4n) is 1.66. The molecule has 0 bridgehead atoms. The van der Waals surface area contributed by atoms with Crippen molar-refractivity contribution >= 4 is 23.4 Å². The molecule has 1 amide bonds. The Bertz CT molecular complexity index is 553. The zero-order valence-corrected chi connectivity index (χ0v) is 12.9. The van der Waals surface area contributed by atoms with Crippen LogP contribution in [0.5, 0.6) is 0 Å². The average molecular weight is 305 g/mol. The molecule has 6 nitrogen and oxygen atoms in total. The maximum Gasteiger partial charge on any atom is 0.225 e. The maximum atomic E-state index is 11.8. The van der Waals surface area contributed by atoms with Crippen LogP contribution in [-0.2, 0) is 4.79 Å². The first-order chi connectivity index (χ1) is 10.1. The smallest absolute Gasteiger partial charge is 0.225 e. The van der Waals surface area contributed by atoms with E-state index in [1.165, 1.54) is 18.1 Å². The van der Waals surface area contributed by atoms with E-state index < -0.39 is 0 Å². The summed E-state index contributed by atoms with van der Waals surface area (Å²) in [6.45, 7) is 4.80. The molecule has 0 saturated heterocycles. The third-order valence-electron chi connectivity index (χ3n) is 2.65. The van der Waals surface area contributed by atoms with E-state index in [-0.39, 0.29) is 5.91 Å². The first kappa shape index (κ1) is 15.5. The van der Waals surface area contributed by atoms with E-state index in [1.54, 1.807) is 0 Å². The van der Waals surface area contributed by atoms with E-state index in [9.17, 15) is 4.79 Å². The van der Waals surface area contributed by atoms with Crippen molar-refractivity contribution in [2.75, 3.05) is 11.9 Å². The summed E-state index contributed by atoms with van der Waals surface area (Å²) in [5.41, 5.74) is 0.798. The summed E-state index contributed by atoms with van der Waals surface area (Å²) in [5.74, 6) is 0.0128. The van der Waals surface area contributed by atoms with Crippen LogP contribution in [0.2, 0.25) is 0 Å². The Balaban J connectivity index is 1.80. The summed E-state index contributed by atoms with van der Waals surface area (Å²) in [6, 6.07) is 8.04. The van der Waals surface area contributed by atoms with Crippen LogP contribution in [0.15, 0.2) is 40.6 Å². The van der Waals surface area contributed by atoms with Gasteiger partial charge in [0.25, 0.3) is 0 Å². The van der Waals surface area contributed by atoms with Crippen LogP contribution in [0.25, 0.3) is 0 Å². The molecule has 7 heteroatoms. The highest BCUT2D eigenvalue weighted by Gasteiger charge is 2.04. The van der Waals surface area contributed by atoms with Crippen LogP contribution >= 0.6 is 11.8 Å². The molecule has 0 aliphatic heterocycles. The Hall–Kier alpha value is -1.86. The largest absolute Gasteiger partial charge is 0.326 e. The topological polar surface area (TPSA) is 82.7 Å². The molecule has 1 aromatic carbocycles. The quantitative estimate of drug-likeness (QED) is 0.731. The maximum absolute atomic E-state index is 11.8. The molecule has 1 heterocycles. The standard InChI is InChI=1S/C14H19N5OS/c1-10(2)15-8-7-13(20)18-11-3-5-12(6-4-11)21-14-16-9-17-19-14/h3-6,9-10,15H,7-8H2,1-2H3,(H,18,20)(H,16,17,19). The minimum atomic E-state index is 0.0128. The minimum Gasteiger partial charge on any atom is -0.326 e. The van der Waals surface area contributed by atoms with Gasteiger partial charge in [-0.25, -0.2) is 4.98 Å². The molecule has 112 valence electrons. The normalized spacial score (nSPS) is 10.8. The summed E-state index contributed by atoms with van der Waals surface area (Å²) >= 11 is 1.49. The Kier molecular flexibility index (Phi) is 5.77. The van der Waals surface area contributed by atoms with Gasteiger partial charge in [-0.15, -0.1) is 0 Å². The average Bonchev–Trinajstić information content (AvgIpc) is 2.93. The third-order valence-corrected chi connectivity index (χ3v) is 3.55. The molecule has 1 aromatic heterocycles. The predicted octanol–water partition coefficient (Wildman–Crippen LogP) is 2.28. The molecule has 2 aromatic rings. The van der Waals surface area contributed by atoms with Crippen LogP contribution in [0.4, 0.5) is 5.69 Å². The van der Waals surface area contributed by atoms with Crippen molar-refractivity contribution in [3.05, 3.63) is 30.6 Å². The van der Waals surface area contributed by atoms with Gasteiger partial charge in [0, 0.05) is 29.6 Å². The van der Waals surface area contributed by atoms with Gasteiger partial charge in [-0.3, -0.25) is 9.89 Å². The number of nitrogens with zero attached hydrogens (tertiary/aromatic N) is 2. The van der Waals surface area contributed by atoms with Crippen molar-refractivity contribution < 1.29 is 4.79 Å². The zero-order chi connectivity index (χ0) is 15.1. The number of anilines is 1. The van der Waals surface area contributed by atoms with Gasteiger partial charge in [0.1, 0.15) is 6.33 Å². The van der Waals surface area contributed by atoms with E-state index >= 15 is 0 Å². The molecule has 0 fully saturated rings. The van der Waals surface area contributed by atoms with Gasteiger partial charge >= 0.3 is 0 Å². The number of hydrogen-bond donors (Lipinski definition) is 3. The number of amides is 1. The Morgan fingerprint density at radius 1 is 1.33 bits per heavy atom. The minimum absolute atomic E-state index is 0.0128. The van der Waals surface area contributed by atoms with Gasteiger partial charge in [0.05, 0.1) is 0 Å². The molecular formula is C14H19N5OS. The molecule has 0 saturated carbocycles. The summed E-state index contributed by atoms with van der Waals surface area (Å²) in [6.07, 6.45) is 1.94. The fourth-order valence-corrected chi connectivity index (χ4v) is 2.35. The molecule has 0 radical (unpaired) electrons. The van der Waals surface area contributed by atoms with Gasteiger partial charge in [-0.1, -0.05) is 25.6 Å². The number of carbonyl (C=O) groups is 1. The molecule has 2 rings (SSSR count). The van der Waals surface area contributed by atoms with Gasteiger partial charge in [0.2, 0.25) is 5.91 Å². The number of H-pyrrole nitrogens is 1. The van der Waals surface area contributed by atoms with Gasteiger partial charge in [-0.05, 0) is 24.3 Å². The summed E-state index contributed by atoms with van der Waals surface area (Å²) in [5, 5.41) is 13.4. The summed E-state index contributed by atoms with van der Waals surface area (Å²) in [7, 11) is 0. The molecule has 3 N–H and O–H groups in total. The van der Waals surface area contributed by atoms with E-state index in [2.05, 4.69) is 39.7 Å². The Morgan fingerprint density at radius 3 is 2.71 bits per heavy atom. The van der Waals surface area contributed by atoms with Crippen molar-refractivity contribution in [3.63, 3.8) is 0 Å². The van der Waals surface area contributed by atoms with Gasteiger partial charge in [0.15, 0.2) is 5.16 Å². The lowest BCUT2D eigenvalue weighted by atomic mass is 10.3. The van der Waals surface area contributed by atoms with E-state index in [0.717, 1.165) is 15.7 Å². The van der Waals surface area contributed by atoms with Gasteiger partial charge < -0.3 is 10.6 Å². The number of nitrogens with one attached hydrogen (secondary N) is 3. The van der Waals surface area contributed by atoms with E-state index in [0.29, 0.717) is 19.0 Å². The van der Waals surface area contributed by atoms with Crippen molar-refractivity contribution in [3.8, 4) is 0 Å². The molecule has 0 unspecified atom stereocenters. The summed E-state index contributed by atoms with van der Waals surface area (Å²) < 4.78 is 0. The number of rotatable bonds is 7. The lowest BCUT2D eigenvalue weighted by Crippen LogP contribution is -2.27. The molecule has 0 spiro atoms. The molecule has 21 heavy (non-hydrogen) atoms. The second-order valence-electron chi connectivity index (χ2n) is 4.82. The van der Waals surface area contributed by atoms with Crippen molar-refractivity contribution in [1.82, 2.24) is 20.5 Å². The van der Waals surface area contributed by atoms with Crippen LogP contribution in [0, 0.1) is 0 Å². The number of benzene rings is 1. The Morgan fingerprint density at radius 2 is 2.10 bits per heavy atom. The number of aromatic amines is 1. The van der Waals surface area contributed by atoms with Crippen molar-refractivity contribution in [2.45, 2.75) is 36.4 Å². The lowest BCUT2D eigenvalue weighted by Gasteiger charge is -2.08. The number of aromatic nitrogens is 3. The van der Waals surface area contributed by atoms with E-state index in [4.69, 9.17) is 0 Å². The monoisotopic (exact) mass is 305 g/mol. The zero-order valence-electron chi connectivity index (χ0n) is 12.1. The van der Waals surface area contributed by atoms with Crippen molar-refractivity contribution in [1.29, 1.82) is 0 Å². The highest BCUT2D eigenvalue weighted by molar-refractivity contribution is 7.99. The Labute approximate surface area is 128 Å². The molecule has 0 aliphatic rings. The number of hydrogen-bond acceptors (Lipinski definition) is 5. The van der Waals surface area contributed by atoms with Crippen molar-refractivity contribution in [2.24, 2.45) is 0 Å². The third kappa shape index (κ3) is 5.57. The second kappa shape index (κ2) is 7.80. The van der Waals surface area contributed by atoms with Crippen LogP contribution < -0.4 is 10.6 Å². The van der Waals surface area contributed by atoms with Crippen LogP contribution in [0.3, 0.4) is 0 Å². The highest BCUT2D eigenvalue weighted by Crippen LogP contribution is 2.25. The molecular weight excluding hydrogens is 286 g/mol. The van der Waals surface area contributed by atoms with Gasteiger partial charge in [-0.2, -0.15) is 5.10 Å². The highest BCUT2D eigenvalue weighted by atomic mass is 32.2. The number of carbonyl (C=O) groups excluding carboxylic acids is 1. The molecule has 0 aliphatic carbocycles. The lowest BCUT2D eigenvalue weighted by molar-refractivity contribution is -0.116. The molecule has 0 atom stereocenters. The first-order valence-corrected chi connectivity index (χ1v) is 7.61. The second-order valence-corrected chi connectivity index (χ2v) is 5.89. The predicted molar refractivity (Wildman–Crippen MR) is 83.3 cm³/mol. The summed E-state index contributed by atoms with van der Waals surface area (Å²) in [4.78, 5) is 16.8. The fraction of sp³-hybridized carbons (Fsp3) is 0.357. The van der Waals surface area contributed by atoms with Crippen LogP contribution in [0.1, 0.15) is 20.3 Å². The van der Waals surface area contributed by atoms with E-state index in [1.807, 2.05) is 24.3 Å². The SMILES string of the molecule is CC(C)NCCC(=O)Nc1ccc(Sc2ncn[nH]2)cc1.